The number of nitrogens with zero attached hydrogens (tertiary/aromatic N) is 2. The molecular formula is C13H14N2O3. The molecule has 0 saturated carbocycles. The van der Waals surface area contributed by atoms with E-state index in [1.165, 1.54) is 20.4 Å². The smallest absolute Gasteiger partial charge is 0.314 e. The number of rotatable bonds is 4. The fourth-order valence-electron chi connectivity index (χ4n) is 1.50. The Bertz CT molecular complexity index is 522. The second-order valence-electron chi connectivity index (χ2n) is 3.77. The first-order valence-corrected chi connectivity index (χ1v) is 5.51. The molecule has 0 aliphatic heterocycles. The van der Waals surface area contributed by atoms with Crippen LogP contribution in [0.1, 0.15) is 22.0 Å². The van der Waals surface area contributed by atoms with Gasteiger partial charge >= 0.3 is 5.91 Å². The molecular weight excluding hydrogens is 232 g/mol. The van der Waals surface area contributed by atoms with Crippen LogP contribution in [0, 0.1) is 0 Å². The highest BCUT2D eigenvalue weighted by atomic mass is 16.7. The Hall–Kier alpha value is -2.14. The molecule has 0 fully saturated rings. The minimum Gasteiger partial charge on any atom is -0.435 e. The lowest BCUT2D eigenvalue weighted by Crippen LogP contribution is -2.24. The maximum Gasteiger partial charge on any atom is 0.314 e. The molecule has 5 nitrogen and oxygen atoms in total. The Balaban J connectivity index is 2.09. The molecule has 0 aliphatic carbocycles. The van der Waals surface area contributed by atoms with Crippen molar-refractivity contribution in [1.29, 1.82) is 0 Å². The SMILES string of the molecule is CON(C)C(=O)c1cnc(Cc2ccccc2)o1. The molecule has 0 bridgehead atoms. The molecule has 0 N–H and O–H groups in total. The summed E-state index contributed by atoms with van der Waals surface area (Å²) in [4.78, 5) is 20.6. The zero-order valence-electron chi connectivity index (χ0n) is 10.3. The molecule has 94 valence electrons. The van der Waals surface area contributed by atoms with E-state index < -0.39 is 0 Å². The van der Waals surface area contributed by atoms with Gasteiger partial charge in [-0.2, -0.15) is 0 Å². The standard InChI is InChI=1S/C13H14N2O3/c1-15(17-2)13(16)11-9-14-12(18-11)8-10-6-4-3-5-7-10/h3-7,9H,8H2,1-2H3. The summed E-state index contributed by atoms with van der Waals surface area (Å²) < 4.78 is 5.39. The molecule has 2 aromatic rings. The molecule has 0 radical (unpaired) electrons. The van der Waals surface area contributed by atoms with Crippen LogP contribution in [0.3, 0.4) is 0 Å². The number of carbonyl (C=O) groups is 1. The van der Waals surface area contributed by atoms with Crippen LogP contribution >= 0.6 is 0 Å². The van der Waals surface area contributed by atoms with E-state index in [9.17, 15) is 4.79 Å². The van der Waals surface area contributed by atoms with Crippen molar-refractivity contribution >= 4 is 5.91 Å². The molecule has 0 spiro atoms. The van der Waals surface area contributed by atoms with E-state index in [0.29, 0.717) is 12.3 Å². The van der Waals surface area contributed by atoms with Crippen molar-refractivity contribution in [1.82, 2.24) is 10.0 Å². The largest absolute Gasteiger partial charge is 0.435 e. The molecule has 1 aromatic carbocycles. The van der Waals surface area contributed by atoms with Crippen molar-refractivity contribution in [2.75, 3.05) is 14.2 Å². The van der Waals surface area contributed by atoms with E-state index in [2.05, 4.69) is 4.98 Å². The summed E-state index contributed by atoms with van der Waals surface area (Å²) in [5.74, 6) is 0.323. The Labute approximate surface area is 105 Å². The number of amides is 1. The van der Waals surface area contributed by atoms with Crippen LogP contribution in [-0.2, 0) is 11.3 Å². The van der Waals surface area contributed by atoms with Gasteiger partial charge in [0, 0.05) is 13.5 Å². The first kappa shape index (κ1) is 12.3. The number of hydrogen-bond acceptors (Lipinski definition) is 4. The highest BCUT2D eigenvalue weighted by Crippen LogP contribution is 2.11. The lowest BCUT2D eigenvalue weighted by atomic mass is 10.2. The van der Waals surface area contributed by atoms with Gasteiger partial charge in [0.15, 0.2) is 5.89 Å². The maximum atomic E-state index is 11.7. The average molecular weight is 246 g/mol. The number of benzene rings is 1. The van der Waals surface area contributed by atoms with Crippen molar-refractivity contribution in [3.8, 4) is 0 Å². The summed E-state index contributed by atoms with van der Waals surface area (Å²) in [5, 5.41) is 1.09. The fourth-order valence-corrected chi connectivity index (χ4v) is 1.50. The summed E-state index contributed by atoms with van der Waals surface area (Å²) >= 11 is 0. The topological polar surface area (TPSA) is 55.6 Å². The predicted molar refractivity (Wildman–Crippen MR) is 64.9 cm³/mol. The van der Waals surface area contributed by atoms with Crippen LogP contribution in [0.4, 0.5) is 0 Å². The minimum absolute atomic E-state index is 0.172. The molecule has 1 amide bonds. The van der Waals surface area contributed by atoms with Crippen LogP contribution in [0.2, 0.25) is 0 Å². The molecule has 5 heteroatoms. The highest BCUT2D eigenvalue weighted by Gasteiger charge is 2.16. The van der Waals surface area contributed by atoms with Gasteiger partial charge in [0.1, 0.15) is 0 Å². The van der Waals surface area contributed by atoms with Gasteiger partial charge in [-0.1, -0.05) is 30.3 Å². The summed E-state index contributed by atoms with van der Waals surface area (Å²) in [7, 11) is 2.93. The molecule has 0 unspecified atom stereocenters. The van der Waals surface area contributed by atoms with Crippen molar-refractivity contribution in [2.45, 2.75) is 6.42 Å². The fraction of sp³-hybridized carbons (Fsp3) is 0.231. The molecule has 18 heavy (non-hydrogen) atoms. The van der Waals surface area contributed by atoms with Gasteiger partial charge in [0.05, 0.1) is 13.3 Å². The third kappa shape index (κ3) is 2.75. The number of hydrogen-bond donors (Lipinski definition) is 0. The first-order chi connectivity index (χ1) is 8.70. The van der Waals surface area contributed by atoms with E-state index in [1.54, 1.807) is 0 Å². The van der Waals surface area contributed by atoms with E-state index in [-0.39, 0.29) is 11.7 Å². The third-order valence-corrected chi connectivity index (χ3v) is 2.52. The molecule has 0 atom stereocenters. The van der Waals surface area contributed by atoms with Crippen molar-refractivity contribution in [3.05, 3.63) is 53.7 Å². The van der Waals surface area contributed by atoms with Gasteiger partial charge in [0.25, 0.3) is 0 Å². The Morgan fingerprint density at radius 1 is 1.39 bits per heavy atom. The average Bonchev–Trinajstić information content (AvgIpc) is 2.86. The van der Waals surface area contributed by atoms with Gasteiger partial charge in [-0.05, 0) is 5.56 Å². The molecule has 0 saturated heterocycles. The Morgan fingerprint density at radius 3 is 2.78 bits per heavy atom. The summed E-state index contributed by atoms with van der Waals surface area (Å²) in [6.07, 6.45) is 1.97. The zero-order chi connectivity index (χ0) is 13.0. The molecule has 2 rings (SSSR count). The maximum absolute atomic E-state index is 11.7. The minimum atomic E-state index is -0.357. The number of oxazole rings is 1. The molecule has 0 aliphatic rings. The van der Waals surface area contributed by atoms with Crippen molar-refractivity contribution in [3.63, 3.8) is 0 Å². The quantitative estimate of drug-likeness (QED) is 0.773. The predicted octanol–water partition coefficient (Wildman–Crippen LogP) is 1.90. The van der Waals surface area contributed by atoms with Crippen molar-refractivity contribution < 1.29 is 14.0 Å². The second-order valence-corrected chi connectivity index (χ2v) is 3.77. The number of carbonyl (C=O) groups excluding carboxylic acids is 1. The zero-order valence-corrected chi connectivity index (χ0v) is 10.3. The van der Waals surface area contributed by atoms with Gasteiger partial charge in [-0.3, -0.25) is 9.63 Å². The first-order valence-electron chi connectivity index (χ1n) is 5.51. The van der Waals surface area contributed by atoms with Crippen LogP contribution in [-0.4, -0.2) is 30.1 Å². The van der Waals surface area contributed by atoms with E-state index in [4.69, 9.17) is 9.25 Å². The number of hydroxylamine groups is 2. The van der Waals surface area contributed by atoms with Gasteiger partial charge in [0.2, 0.25) is 5.76 Å². The van der Waals surface area contributed by atoms with Crippen molar-refractivity contribution in [2.24, 2.45) is 0 Å². The molecule has 1 aromatic heterocycles. The van der Waals surface area contributed by atoms with Gasteiger partial charge < -0.3 is 4.42 Å². The van der Waals surface area contributed by atoms with Gasteiger partial charge in [-0.15, -0.1) is 0 Å². The lowest BCUT2D eigenvalue weighted by molar-refractivity contribution is -0.0774. The van der Waals surface area contributed by atoms with Crippen LogP contribution in [0.25, 0.3) is 0 Å². The van der Waals surface area contributed by atoms with Gasteiger partial charge in [-0.25, -0.2) is 10.0 Å². The van der Waals surface area contributed by atoms with Crippen LogP contribution in [0.5, 0.6) is 0 Å². The van der Waals surface area contributed by atoms with E-state index in [0.717, 1.165) is 10.6 Å². The number of aromatic nitrogens is 1. The second kappa shape index (κ2) is 5.46. The van der Waals surface area contributed by atoms with E-state index >= 15 is 0 Å². The monoisotopic (exact) mass is 246 g/mol. The Kier molecular flexibility index (Phi) is 3.74. The van der Waals surface area contributed by atoms with E-state index in [1.807, 2.05) is 30.3 Å². The lowest BCUT2D eigenvalue weighted by Gasteiger charge is -2.10. The third-order valence-electron chi connectivity index (χ3n) is 2.52. The van der Waals surface area contributed by atoms with Crippen LogP contribution < -0.4 is 0 Å². The summed E-state index contributed by atoms with van der Waals surface area (Å²) in [6.45, 7) is 0. The normalized spacial score (nSPS) is 10.3. The Morgan fingerprint density at radius 2 is 2.11 bits per heavy atom. The molecule has 1 heterocycles. The highest BCUT2D eigenvalue weighted by molar-refractivity contribution is 5.90. The summed E-state index contributed by atoms with van der Waals surface area (Å²) in [6, 6.07) is 9.80. The van der Waals surface area contributed by atoms with Crippen LogP contribution in [0.15, 0.2) is 40.9 Å². The summed E-state index contributed by atoms with van der Waals surface area (Å²) in [5.41, 5.74) is 1.08.